The Morgan fingerprint density at radius 3 is 2.56 bits per heavy atom. The van der Waals surface area contributed by atoms with Crippen LogP contribution in [0.2, 0.25) is 0 Å². The number of anilines is 2. The molecule has 3 aromatic rings. The Bertz CT molecular complexity index is 1030. The van der Waals surface area contributed by atoms with E-state index in [1.165, 1.54) is 11.6 Å². The molecule has 1 amide bonds. The summed E-state index contributed by atoms with van der Waals surface area (Å²) in [6.45, 7) is 4.71. The van der Waals surface area contributed by atoms with Gasteiger partial charge in [-0.15, -0.1) is 0 Å². The molecule has 3 rings (SSSR count). The highest BCUT2D eigenvalue weighted by atomic mass is 16.5. The van der Waals surface area contributed by atoms with Crippen molar-refractivity contribution in [2.24, 2.45) is 0 Å². The predicted octanol–water partition coefficient (Wildman–Crippen LogP) is 5.18. The summed E-state index contributed by atoms with van der Waals surface area (Å²) >= 11 is 0. The van der Waals surface area contributed by atoms with Gasteiger partial charge in [0.05, 0.1) is 25.1 Å². The highest BCUT2D eigenvalue weighted by molar-refractivity contribution is 6.01. The van der Waals surface area contributed by atoms with Gasteiger partial charge in [-0.1, -0.05) is 24.3 Å². The van der Waals surface area contributed by atoms with E-state index >= 15 is 0 Å². The number of rotatable bonds is 10. The number of benzene rings is 2. The van der Waals surface area contributed by atoms with Crippen molar-refractivity contribution in [3.8, 4) is 11.5 Å². The first-order valence-corrected chi connectivity index (χ1v) is 10.6. The zero-order valence-electron chi connectivity index (χ0n) is 18.7. The molecule has 6 heteroatoms. The number of methoxy groups -OCH3 is 1. The van der Waals surface area contributed by atoms with E-state index < -0.39 is 0 Å². The van der Waals surface area contributed by atoms with E-state index in [4.69, 9.17) is 9.47 Å². The van der Waals surface area contributed by atoms with E-state index in [2.05, 4.69) is 15.6 Å². The van der Waals surface area contributed by atoms with Crippen molar-refractivity contribution in [3.63, 3.8) is 0 Å². The summed E-state index contributed by atoms with van der Waals surface area (Å²) in [5.74, 6) is 2.17. The van der Waals surface area contributed by atoms with E-state index in [-0.39, 0.29) is 12.0 Å². The minimum Gasteiger partial charge on any atom is -0.497 e. The monoisotopic (exact) mass is 431 g/mol. The van der Waals surface area contributed by atoms with Crippen molar-refractivity contribution in [1.29, 1.82) is 0 Å². The van der Waals surface area contributed by atoms with E-state index in [1.807, 2.05) is 74.5 Å². The highest BCUT2D eigenvalue weighted by Gasteiger charge is 2.02. The lowest BCUT2D eigenvalue weighted by atomic mass is 10.1. The van der Waals surface area contributed by atoms with Crippen molar-refractivity contribution in [2.75, 3.05) is 24.3 Å². The van der Waals surface area contributed by atoms with Crippen LogP contribution in [0.25, 0.3) is 6.08 Å². The summed E-state index contributed by atoms with van der Waals surface area (Å²) in [6, 6.07) is 19.3. The number of aromatic nitrogens is 1. The number of nitrogens with zero attached hydrogens (tertiary/aromatic N) is 1. The van der Waals surface area contributed by atoms with Gasteiger partial charge in [-0.2, -0.15) is 0 Å². The third-order valence-electron chi connectivity index (χ3n) is 4.57. The molecular formula is C26H29N3O3. The minimum atomic E-state index is -0.220. The summed E-state index contributed by atoms with van der Waals surface area (Å²) in [6.07, 6.45) is 5.86. The van der Waals surface area contributed by atoms with Gasteiger partial charge in [0, 0.05) is 12.6 Å². The number of hydrogen-bond donors (Lipinski definition) is 2. The van der Waals surface area contributed by atoms with Crippen LogP contribution in [-0.4, -0.2) is 30.6 Å². The van der Waals surface area contributed by atoms with Crippen LogP contribution < -0.4 is 20.1 Å². The number of pyridine rings is 1. The Morgan fingerprint density at radius 2 is 1.88 bits per heavy atom. The first-order chi connectivity index (χ1) is 15.5. The zero-order chi connectivity index (χ0) is 22.8. The van der Waals surface area contributed by atoms with E-state index in [1.54, 1.807) is 19.4 Å². The molecule has 0 atom stereocenters. The fourth-order valence-electron chi connectivity index (χ4n) is 3.02. The molecule has 1 heterocycles. The molecule has 0 bridgehead atoms. The fourth-order valence-corrected chi connectivity index (χ4v) is 3.02. The molecule has 6 nitrogen and oxygen atoms in total. The summed E-state index contributed by atoms with van der Waals surface area (Å²) in [5.41, 5.74) is 2.75. The second-order valence-corrected chi connectivity index (χ2v) is 7.52. The Kier molecular flexibility index (Phi) is 8.26. The summed E-state index contributed by atoms with van der Waals surface area (Å²) in [5, 5.41) is 6.11. The SMILES string of the molecule is COc1ccc(CCNc2ccc(NC(=O)/C=C/c3cccc(OC(C)C)c3)cn2)cc1. The quantitative estimate of drug-likeness (QED) is 0.433. The lowest BCUT2D eigenvalue weighted by Gasteiger charge is -2.09. The molecule has 0 spiro atoms. The van der Waals surface area contributed by atoms with Gasteiger partial charge < -0.3 is 20.1 Å². The largest absolute Gasteiger partial charge is 0.497 e. The number of amides is 1. The van der Waals surface area contributed by atoms with Crippen LogP contribution in [0.5, 0.6) is 11.5 Å². The van der Waals surface area contributed by atoms with Crippen molar-refractivity contribution in [3.05, 3.63) is 84.1 Å². The second kappa shape index (κ2) is 11.6. The van der Waals surface area contributed by atoms with Crippen molar-refractivity contribution in [2.45, 2.75) is 26.4 Å². The van der Waals surface area contributed by atoms with E-state index in [0.717, 1.165) is 35.8 Å². The zero-order valence-corrected chi connectivity index (χ0v) is 18.7. The molecule has 166 valence electrons. The summed E-state index contributed by atoms with van der Waals surface area (Å²) < 4.78 is 10.8. The van der Waals surface area contributed by atoms with Crippen LogP contribution in [-0.2, 0) is 11.2 Å². The molecular weight excluding hydrogens is 402 g/mol. The molecule has 0 aliphatic rings. The molecule has 0 aliphatic carbocycles. The lowest BCUT2D eigenvalue weighted by molar-refractivity contribution is -0.111. The van der Waals surface area contributed by atoms with Crippen molar-refractivity contribution >= 4 is 23.5 Å². The molecule has 32 heavy (non-hydrogen) atoms. The van der Waals surface area contributed by atoms with Gasteiger partial charge in [-0.3, -0.25) is 4.79 Å². The van der Waals surface area contributed by atoms with Gasteiger partial charge >= 0.3 is 0 Å². The van der Waals surface area contributed by atoms with Crippen molar-refractivity contribution < 1.29 is 14.3 Å². The molecule has 2 N–H and O–H groups in total. The smallest absolute Gasteiger partial charge is 0.248 e. The van der Waals surface area contributed by atoms with Crippen LogP contribution in [0.15, 0.2) is 72.9 Å². The number of carbonyl (C=O) groups excluding carboxylic acids is 1. The third-order valence-corrected chi connectivity index (χ3v) is 4.57. The topological polar surface area (TPSA) is 72.5 Å². The summed E-state index contributed by atoms with van der Waals surface area (Å²) in [4.78, 5) is 16.6. The Balaban J connectivity index is 1.46. The van der Waals surface area contributed by atoms with E-state index in [9.17, 15) is 4.79 Å². The van der Waals surface area contributed by atoms with Gasteiger partial charge in [-0.25, -0.2) is 4.98 Å². The highest BCUT2D eigenvalue weighted by Crippen LogP contribution is 2.16. The van der Waals surface area contributed by atoms with Gasteiger partial charge in [0.15, 0.2) is 0 Å². The number of carbonyl (C=O) groups is 1. The Morgan fingerprint density at radius 1 is 1.06 bits per heavy atom. The maximum absolute atomic E-state index is 12.2. The average Bonchev–Trinajstić information content (AvgIpc) is 2.79. The molecule has 0 unspecified atom stereocenters. The normalized spacial score (nSPS) is 10.9. The second-order valence-electron chi connectivity index (χ2n) is 7.52. The predicted molar refractivity (Wildman–Crippen MR) is 129 cm³/mol. The van der Waals surface area contributed by atoms with Gasteiger partial charge in [0.1, 0.15) is 17.3 Å². The van der Waals surface area contributed by atoms with Gasteiger partial charge in [0.2, 0.25) is 5.91 Å². The maximum Gasteiger partial charge on any atom is 0.248 e. The maximum atomic E-state index is 12.2. The lowest BCUT2D eigenvalue weighted by Crippen LogP contribution is -2.09. The third kappa shape index (κ3) is 7.47. The number of ether oxygens (including phenoxy) is 2. The van der Waals surface area contributed by atoms with Crippen LogP contribution in [0.3, 0.4) is 0 Å². The van der Waals surface area contributed by atoms with E-state index in [0.29, 0.717) is 5.69 Å². The molecule has 0 aliphatic heterocycles. The number of hydrogen-bond acceptors (Lipinski definition) is 5. The molecule has 1 aromatic heterocycles. The molecule has 0 radical (unpaired) electrons. The van der Waals surface area contributed by atoms with Crippen molar-refractivity contribution in [1.82, 2.24) is 4.98 Å². The number of nitrogens with one attached hydrogen (secondary N) is 2. The molecule has 0 saturated heterocycles. The Hall–Kier alpha value is -3.80. The van der Waals surface area contributed by atoms with Crippen LogP contribution in [0.4, 0.5) is 11.5 Å². The van der Waals surface area contributed by atoms with Crippen LogP contribution in [0.1, 0.15) is 25.0 Å². The first-order valence-electron chi connectivity index (χ1n) is 10.6. The minimum absolute atomic E-state index is 0.102. The standard InChI is InChI=1S/C26H29N3O3/c1-19(2)32-24-6-4-5-21(17-24)9-14-26(30)29-22-10-13-25(28-18-22)27-16-15-20-7-11-23(31-3)12-8-20/h4-14,17-19H,15-16H2,1-3H3,(H,27,28)(H,29,30)/b14-9+. The average molecular weight is 432 g/mol. The fraction of sp³-hybridized carbons (Fsp3) is 0.231. The molecule has 2 aromatic carbocycles. The first kappa shape index (κ1) is 22.9. The Labute approximate surface area is 189 Å². The molecule has 0 fully saturated rings. The summed E-state index contributed by atoms with van der Waals surface area (Å²) in [7, 11) is 1.66. The van der Waals surface area contributed by atoms with Crippen LogP contribution >= 0.6 is 0 Å². The van der Waals surface area contributed by atoms with Crippen LogP contribution in [0, 0.1) is 0 Å². The molecule has 0 saturated carbocycles. The van der Waals surface area contributed by atoms with Gasteiger partial charge in [0.25, 0.3) is 0 Å². The van der Waals surface area contributed by atoms with Gasteiger partial charge in [-0.05, 0) is 73.9 Å².